The lowest BCUT2D eigenvalue weighted by molar-refractivity contribution is -0.0253. The Hall–Kier alpha value is -1.61. The standard InChI is InChI=1S/C14H13BrF3NO4/c15-8-5-9(16)11(13(18)12(8)17)10(20)2-1-7-6-19(14(21)22)3-4-23-7/h5,7H,1-4,6H2,(H,21,22)/t7-/m0/s1. The molecule has 0 bridgehead atoms. The van der Waals surface area contributed by atoms with Gasteiger partial charge in [0, 0.05) is 13.0 Å². The van der Waals surface area contributed by atoms with Crippen molar-refractivity contribution in [3.8, 4) is 0 Å². The molecule has 0 saturated carbocycles. The Balaban J connectivity index is 2.03. The summed E-state index contributed by atoms with van der Waals surface area (Å²) in [5.41, 5.74) is -0.934. The van der Waals surface area contributed by atoms with Crippen molar-refractivity contribution in [3.63, 3.8) is 0 Å². The van der Waals surface area contributed by atoms with E-state index in [1.54, 1.807) is 0 Å². The summed E-state index contributed by atoms with van der Waals surface area (Å²) in [5.74, 6) is -4.93. The van der Waals surface area contributed by atoms with E-state index in [9.17, 15) is 22.8 Å². The van der Waals surface area contributed by atoms with E-state index >= 15 is 0 Å². The van der Waals surface area contributed by atoms with Crippen LogP contribution in [0.4, 0.5) is 18.0 Å². The Morgan fingerprint density at radius 3 is 2.70 bits per heavy atom. The Morgan fingerprint density at radius 2 is 2.04 bits per heavy atom. The number of carboxylic acid groups (broad SMARTS) is 1. The lowest BCUT2D eigenvalue weighted by Crippen LogP contribution is -2.45. The number of carbonyl (C=O) groups is 2. The van der Waals surface area contributed by atoms with Crippen LogP contribution in [0.25, 0.3) is 0 Å². The van der Waals surface area contributed by atoms with E-state index in [1.807, 2.05) is 0 Å². The van der Waals surface area contributed by atoms with Gasteiger partial charge in [-0.25, -0.2) is 18.0 Å². The molecule has 23 heavy (non-hydrogen) atoms. The second-order valence-corrected chi connectivity index (χ2v) is 5.88. The van der Waals surface area contributed by atoms with Crippen LogP contribution in [0.3, 0.4) is 0 Å². The number of hydrogen-bond acceptors (Lipinski definition) is 3. The fraction of sp³-hybridized carbons (Fsp3) is 0.429. The van der Waals surface area contributed by atoms with E-state index in [0.29, 0.717) is 6.07 Å². The number of halogens is 4. The molecule has 0 unspecified atom stereocenters. The van der Waals surface area contributed by atoms with Crippen LogP contribution in [-0.2, 0) is 4.74 Å². The molecule has 1 N–H and O–H groups in total. The fourth-order valence-corrected chi connectivity index (χ4v) is 2.68. The molecular weight excluding hydrogens is 383 g/mol. The molecule has 1 amide bonds. The third-order valence-electron chi connectivity index (χ3n) is 3.50. The first-order valence-electron chi connectivity index (χ1n) is 6.77. The summed E-state index contributed by atoms with van der Waals surface area (Å²) in [6.07, 6.45) is -1.85. The minimum atomic E-state index is -1.54. The highest BCUT2D eigenvalue weighted by molar-refractivity contribution is 9.10. The number of rotatable bonds is 4. The molecule has 1 heterocycles. The van der Waals surface area contributed by atoms with Crippen molar-refractivity contribution in [1.29, 1.82) is 0 Å². The fourth-order valence-electron chi connectivity index (χ4n) is 2.31. The zero-order valence-electron chi connectivity index (χ0n) is 11.8. The highest BCUT2D eigenvalue weighted by Crippen LogP contribution is 2.25. The first-order chi connectivity index (χ1) is 10.8. The summed E-state index contributed by atoms with van der Waals surface area (Å²) in [5, 5.41) is 8.90. The van der Waals surface area contributed by atoms with Crippen LogP contribution >= 0.6 is 15.9 Å². The smallest absolute Gasteiger partial charge is 0.407 e. The van der Waals surface area contributed by atoms with Crippen LogP contribution in [0.15, 0.2) is 10.5 Å². The Kier molecular flexibility index (Phi) is 5.64. The van der Waals surface area contributed by atoms with Crippen molar-refractivity contribution in [2.75, 3.05) is 19.7 Å². The maximum atomic E-state index is 13.7. The lowest BCUT2D eigenvalue weighted by Gasteiger charge is -2.30. The van der Waals surface area contributed by atoms with Gasteiger partial charge in [-0.1, -0.05) is 0 Å². The Labute approximate surface area is 138 Å². The summed E-state index contributed by atoms with van der Waals surface area (Å²) in [6, 6.07) is 0.689. The normalized spacial score (nSPS) is 18.1. The number of ether oxygens (including phenoxy) is 1. The summed E-state index contributed by atoms with van der Waals surface area (Å²) < 4.78 is 45.8. The minimum Gasteiger partial charge on any atom is -0.465 e. The molecule has 1 aliphatic heterocycles. The molecule has 1 saturated heterocycles. The van der Waals surface area contributed by atoms with Gasteiger partial charge < -0.3 is 14.7 Å². The number of nitrogens with zero attached hydrogens (tertiary/aromatic N) is 1. The van der Waals surface area contributed by atoms with Gasteiger partial charge in [0.1, 0.15) is 5.82 Å². The highest BCUT2D eigenvalue weighted by atomic mass is 79.9. The zero-order chi connectivity index (χ0) is 17.1. The van der Waals surface area contributed by atoms with Gasteiger partial charge in [0.2, 0.25) is 0 Å². The van der Waals surface area contributed by atoms with E-state index in [0.717, 1.165) is 4.90 Å². The summed E-state index contributed by atoms with van der Waals surface area (Å²) in [6.45, 7) is 0.476. The van der Waals surface area contributed by atoms with Crippen molar-refractivity contribution in [2.45, 2.75) is 18.9 Å². The molecule has 1 fully saturated rings. The quantitative estimate of drug-likeness (QED) is 0.482. The number of morpholine rings is 1. The van der Waals surface area contributed by atoms with Gasteiger partial charge in [0.25, 0.3) is 0 Å². The van der Waals surface area contributed by atoms with Gasteiger partial charge in [-0.15, -0.1) is 0 Å². The number of hydrogen-bond donors (Lipinski definition) is 1. The second-order valence-electron chi connectivity index (χ2n) is 5.03. The molecule has 0 aliphatic carbocycles. The van der Waals surface area contributed by atoms with Crippen LogP contribution in [-0.4, -0.2) is 47.7 Å². The molecule has 126 valence electrons. The maximum absolute atomic E-state index is 13.7. The van der Waals surface area contributed by atoms with Crippen LogP contribution in [0.1, 0.15) is 23.2 Å². The van der Waals surface area contributed by atoms with Crippen molar-refractivity contribution in [2.24, 2.45) is 0 Å². The molecule has 1 aromatic rings. The van der Waals surface area contributed by atoms with E-state index in [-0.39, 0.29) is 32.5 Å². The van der Waals surface area contributed by atoms with E-state index in [1.165, 1.54) is 0 Å². The highest BCUT2D eigenvalue weighted by Gasteiger charge is 2.27. The van der Waals surface area contributed by atoms with Gasteiger partial charge in [0.15, 0.2) is 17.4 Å². The number of ketones is 1. The largest absolute Gasteiger partial charge is 0.465 e. The molecule has 0 aromatic heterocycles. The van der Waals surface area contributed by atoms with Crippen LogP contribution in [0.2, 0.25) is 0 Å². The average Bonchev–Trinajstić information content (AvgIpc) is 2.51. The van der Waals surface area contributed by atoms with Crippen LogP contribution < -0.4 is 0 Å². The van der Waals surface area contributed by atoms with Crippen LogP contribution in [0, 0.1) is 17.5 Å². The third-order valence-corrected chi connectivity index (χ3v) is 4.07. The van der Waals surface area contributed by atoms with Crippen molar-refractivity contribution >= 4 is 27.8 Å². The van der Waals surface area contributed by atoms with Crippen molar-refractivity contribution in [3.05, 3.63) is 33.6 Å². The monoisotopic (exact) mass is 395 g/mol. The van der Waals surface area contributed by atoms with Crippen molar-refractivity contribution in [1.82, 2.24) is 4.90 Å². The molecule has 9 heteroatoms. The van der Waals surface area contributed by atoms with E-state index < -0.39 is 45.5 Å². The molecule has 1 aliphatic rings. The Bertz CT molecular complexity index is 641. The lowest BCUT2D eigenvalue weighted by atomic mass is 10.0. The number of benzene rings is 1. The summed E-state index contributed by atoms with van der Waals surface area (Å²) in [4.78, 5) is 24.0. The molecule has 0 radical (unpaired) electrons. The maximum Gasteiger partial charge on any atom is 0.407 e. The number of carbonyl (C=O) groups excluding carboxylic acids is 1. The first-order valence-corrected chi connectivity index (χ1v) is 7.56. The Morgan fingerprint density at radius 1 is 1.35 bits per heavy atom. The molecular formula is C14H13BrF3NO4. The van der Waals surface area contributed by atoms with Gasteiger partial charge in [-0.3, -0.25) is 4.79 Å². The second kappa shape index (κ2) is 7.31. The molecule has 0 spiro atoms. The molecule has 1 aromatic carbocycles. The number of Topliss-reactive ketones (excluding diaryl/α,β-unsaturated/α-hetero) is 1. The molecule has 1 atom stereocenters. The predicted molar refractivity (Wildman–Crippen MR) is 76.9 cm³/mol. The first kappa shape index (κ1) is 17.7. The topological polar surface area (TPSA) is 66.8 Å². The van der Waals surface area contributed by atoms with Gasteiger partial charge in [-0.05, 0) is 28.4 Å². The number of amides is 1. The van der Waals surface area contributed by atoms with E-state index in [2.05, 4.69) is 15.9 Å². The predicted octanol–water partition coefficient (Wildman–Crippen LogP) is 3.21. The minimum absolute atomic E-state index is 0.0717. The molecule has 5 nitrogen and oxygen atoms in total. The average molecular weight is 396 g/mol. The van der Waals surface area contributed by atoms with Crippen LogP contribution in [0.5, 0.6) is 0 Å². The van der Waals surface area contributed by atoms with Crippen molar-refractivity contribution < 1.29 is 32.6 Å². The van der Waals surface area contributed by atoms with Gasteiger partial charge >= 0.3 is 6.09 Å². The van der Waals surface area contributed by atoms with Gasteiger partial charge in [-0.2, -0.15) is 0 Å². The van der Waals surface area contributed by atoms with Gasteiger partial charge in [0.05, 0.1) is 29.3 Å². The zero-order valence-corrected chi connectivity index (χ0v) is 13.4. The summed E-state index contributed by atoms with van der Waals surface area (Å²) >= 11 is 2.65. The van der Waals surface area contributed by atoms with E-state index in [4.69, 9.17) is 9.84 Å². The SMILES string of the molecule is O=C(CC[C@H]1CN(C(=O)O)CCO1)c1c(F)cc(Br)c(F)c1F. The summed E-state index contributed by atoms with van der Waals surface area (Å²) in [7, 11) is 0. The molecule has 2 rings (SSSR count). The third kappa shape index (κ3) is 4.03.